The van der Waals surface area contributed by atoms with E-state index in [9.17, 15) is 18.0 Å². The topological polar surface area (TPSA) is 69.6 Å². The van der Waals surface area contributed by atoms with Crippen LogP contribution in [-0.2, 0) is 0 Å². The molecule has 0 saturated carbocycles. The molecule has 0 saturated heterocycles. The summed E-state index contributed by atoms with van der Waals surface area (Å²) in [6.07, 6.45) is 0. The van der Waals surface area contributed by atoms with E-state index in [4.69, 9.17) is 10.2 Å². The highest BCUT2D eigenvalue weighted by Gasteiger charge is 2.32. The van der Waals surface area contributed by atoms with E-state index in [2.05, 4.69) is 5.32 Å². The number of hydrogen-bond acceptors (Lipinski definition) is 4. The van der Waals surface area contributed by atoms with Gasteiger partial charge in [-0.2, -0.15) is 13.2 Å². The number of alkyl halides is 3. The Morgan fingerprint density at radius 2 is 1.80 bits per heavy atom. The van der Waals surface area contributed by atoms with E-state index in [1.165, 1.54) is 31.2 Å². The van der Waals surface area contributed by atoms with Gasteiger partial charge in [-0.05, 0) is 30.8 Å². The van der Waals surface area contributed by atoms with E-state index < -0.39 is 30.2 Å². The predicted molar refractivity (Wildman–Crippen MR) is 68.4 cm³/mol. The molecule has 20 heavy (non-hydrogen) atoms. The normalized spacial score (nSPS) is 12.3. The number of nitrogens with one attached hydrogen (secondary N) is 1. The summed E-state index contributed by atoms with van der Waals surface area (Å²) in [6.45, 7) is 0.304. The zero-order valence-electron chi connectivity index (χ0n) is 10.6. The molecule has 0 atom stereocenters. The third kappa shape index (κ3) is 4.69. The van der Waals surface area contributed by atoms with Crippen LogP contribution in [0.15, 0.2) is 29.2 Å². The zero-order chi connectivity index (χ0) is 15.4. The number of carbonyl (C=O) groups is 1. The summed E-state index contributed by atoms with van der Waals surface area (Å²) in [5.74, 6) is -0.789. The van der Waals surface area contributed by atoms with Crippen LogP contribution in [0.5, 0.6) is 0 Å². The summed E-state index contributed by atoms with van der Waals surface area (Å²) in [5.41, 5.74) is -5.97. The minimum Gasteiger partial charge on any atom is -0.394 e. The summed E-state index contributed by atoms with van der Waals surface area (Å²) < 4.78 is 37.2. The first kappa shape index (κ1) is 16.8. The molecule has 0 unspecified atom stereocenters. The molecule has 0 aliphatic heterocycles. The fraction of sp³-hybridized carbons (Fsp3) is 0.417. The molecule has 112 valence electrons. The molecule has 1 aromatic rings. The summed E-state index contributed by atoms with van der Waals surface area (Å²) in [6, 6.07) is 5.26. The Hall–Kier alpha value is -1.25. The highest BCUT2D eigenvalue weighted by atomic mass is 32.2. The third-order valence-corrected chi connectivity index (χ3v) is 3.28. The van der Waals surface area contributed by atoms with Crippen molar-refractivity contribution in [1.29, 1.82) is 0 Å². The summed E-state index contributed by atoms with van der Waals surface area (Å²) in [7, 11) is 0. The Balaban J connectivity index is 2.99. The Kier molecular flexibility index (Phi) is 5.43. The van der Waals surface area contributed by atoms with Crippen LogP contribution in [-0.4, -0.2) is 40.4 Å². The second kappa shape index (κ2) is 6.47. The van der Waals surface area contributed by atoms with Crippen LogP contribution in [0, 0.1) is 0 Å². The first-order valence-corrected chi connectivity index (χ1v) is 6.41. The number of hydrogen-bond donors (Lipinski definition) is 3. The number of carbonyl (C=O) groups excluding carboxylic acids is 1. The minimum atomic E-state index is -4.51. The van der Waals surface area contributed by atoms with Gasteiger partial charge in [0.05, 0.1) is 24.3 Å². The number of aliphatic hydroxyl groups is 2. The molecular weight excluding hydrogens is 295 g/mol. The fourth-order valence-corrected chi connectivity index (χ4v) is 2.01. The second-order valence-corrected chi connectivity index (χ2v) is 5.48. The molecule has 4 nitrogen and oxygen atoms in total. The molecule has 0 aromatic heterocycles. The van der Waals surface area contributed by atoms with Gasteiger partial charge in [0.15, 0.2) is 0 Å². The highest BCUT2D eigenvalue weighted by Crippen LogP contribution is 2.38. The average Bonchev–Trinajstić information content (AvgIpc) is 2.37. The van der Waals surface area contributed by atoms with Crippen molar-refractivity contribution < 1.29 is 28.2 Å². The molecule has 0 aliphatic rings. The van der Waals surface area contributed by atoms with Crippen LogP contribution in [0.25, 0.3) is 0 Å². The molecular formula is C12H14F3NO3S. The second-order valence-electron chi connectivity index (χ2n) is 4.37. The molecule has 0 radical (unpaired) electrons. The van der Waals surface area contributed by atoms with Gasteiger partial charge in [0.1, 0.15) is 0 Å². The molecule has 1 amide bonds. The standard InChI is InChI=1S/C12H14F3NO3S/c1-11(6-17,7-18)16-10(19)8-4-2-3-5-9(8)20-12(13,14)15/h2-5,17-18H,6-7H2,1H3,(H,16,19). The summed E-state index contributed by atoms with van der Waals surface area (Å²) in [4.78, 5) is 11.7. The van der Waals surface area contributed by atoms with Crippen LogP contribution in [0.1, 0.15) is 17.3 Å². The first-order valence-electron chi connectivity index (χ1n) is 5.60. The Morgan fingerprint density at radius 1 is 1.25 bits per heavy atom. The van der Waals surface area contributed by atoms with Gasteiger partial charge in [-0.1, -0.05) is 12.1 Å². The Bertz CT molecular complexity index is 475. The Labute approximate surface area is 118 Å². The largest absolute Gasteiger partial charge is 0.446 e. The molecule has 1 rings (SSSR count). The maximum atomic E-state index is 12.4. The molecule has 0 bridgehead atoms. The van der Waals surface area contributed by atoms with Gasteiger partial charge in [0, 0.05) is 4.90 Å². The Morgan fingerprint density at radius 3 is 2.30 bits per heavy atom. The van der Waals surface area contributed by atoms with Gasteiger partial charge in [0.2, 0.25) is 0 Å². The monoisotopic (exact) mass is 309 g/mol. The van der Waals surface area contributed by atoms with Crippen molar-refractivity contribution in [3.63, 3.8) is 0 Å². The van der Waals surface area contributed by atoms with E-state index in [0.29, 0.717) is 0 Å². The van der Waals surface area contributed by atoms with Gasteiger partial charge in [-0.3, -0.25) is 4.79 Å². The summed E-state index contributed by atoms with van der Waals surface area (Å²) >= 11 is -0.389. The fourth-order valence-electron chi connectivity index (χ4n) is 1.34. The van der Waals surface area contributed by atoms with Crippen molar-refractivity contribution in [1.82, 2.24) is 5.32 Å². The van der Waals surface area contributed by atoms with Gasteiger partial charge < -0.3 is 15.5 Å². The van der Waals surface area contributed by atoms with Crippen molar-refractivity contribution in [2.75, 3.05) is 13.2 Å². The molecule has 0 aliphatic carbocycles. The average molecular weight is 309 g/mol. The van der Waals surface area contributed by atoms with Crippen LogP contribution in [0.3, 0.4) is 0 Å². The van der Waals surface area contributed by atoms with Crippen LogP contribution >= 0.6 is 11.8 Å². The van der Waals surface area contributed by atoms with Gasteiger partial charge in [0.25, 0.3) is 5.91 Å². The van der Waals surface area contributed by atoms with E-state index in [1.807, 2.05) is 0 Å². The van der Waals surface area contributed by atoms with Crippen molar-refractivity contribution in [3.05, 3.63) is 29.8 Å². The number of halogens is 3. The maximum absolute atomic E-state index is 12.4. The van der Waals surface area contributed by atoms with Crippen molar-refractivity contribution in [3.8, 4) is 0 Å². The lowest BCUT2D eigenvalue weighted by Crippen LogP contribution is -2.51. The van der Waals surface area contributed by atoms with Crippen molar-refractivity contribution in [2.45, 2.75) is 22.9 Å². The third-order valence-electron chi connectivity index (χ3n) is 2.47. The lowest BCUT2D eigenvalue weighted by atomic mass is 10.0. The molecule has 1 aromatic carbocycles. The van der Waals surface area contributed by atoms with E-state index in [-0.39, 0.29) is 22.2 Å². The van der Waals surface area contributed by atoms with Crippen LogP contribution in [0.4, 0.5) is 13.2 Å². The van der Waals surface area contributed by atoms with Gasteiger partial charge >= 0.3 is 5.51 Å². The zero-order valence-corrected chi connectivity index (χ0v) is 11.4. The number of amides is 1. The number of thioether (sulfide) groups is 1. The molecule has 0 spiro atoms. The number of rotatable bonds is 5. The molecule has 3 N–H and O–H groups in total. The highest BCUT2D eigenvalue weighted by molar-refractivity contribution is 8.00. The summed E-state index contributed by atoms with van der Waals surface area (Å²) in [5, 5.41) is 20.5. The molecule has 0 heterocycles. The van der Waals surface area contributed by atoms with E-state index in [1.54, 1.807) is 0 Å². The SMILES string of the molecule is CC(CO)(CO)NC(=O)c1ccccc1SC(F)(F)F. The lowest BCUT2D eigenvalue weighted by molar-refractivity contribution is -0.0328. The quantitative estimate of drug-likeness (QED) is 0.725. The predicted octanol–water partition coefficient (Wildman–Crippen LogP) is 1.77. The van der Waals surface area contributed by atoms with Crippen molar-refractivity contribution in [2.24, 2.45) is 0 Å². The van der Waals surface area contributed by atoms with Crippen molar-refractivity contribution >= 4 is 17.7 Å². The van der Waals surface area contributed by atoms with Gasteiger partial charge in [-0.15, -0.1) is 0 Å². The number of aliphatic hydroxyl groups excluding tert-OH is 2. The maximum Gasteiger partial charge on any atom is 0.446 e. The molecule has 0 fully saturated rings. The van der Waals surface area contributed by atoms with E-state index in [0.717, 1.165) is 0 Å². The first-order chi connectivity index (χ1) is 9.21. The van der Waals surface area contributed by atoms with Crippen LogP contribution < -0.4 is 5.32 Å². The minimum absolute atomic E-state index is 0.164. The molecule has 8 heteroatoms. The van der Waals surface area contributed by atoms with Crippen LogP contribution in [0.2, 0.25) is 0 Å². The lowest BCUT2D eigenvalue weighted by Gasteiger charge is -2.26. The number of benzene rings is 1. The van der Waals surface area contributed by atoms with E-state index >= 15 is 0 Å². The smallest absolute Gasteiger partial charge is 0.394 e. The van der Waals surface area contributed by atoms with Gasteiger partial charge in [-0.25, -0.2) is 0 Å².